The van der Waals surface area contributed by atoms with Crippen molar-refractivity contribution in [3.05, 3.63) is 28.6 Å². The van der Waals surface area contributed by atoms with Crippen LogP contribution in [0.2, 0.25) is 0 Å². The first kappa shape index (κ1) is 14.7. The lowest BCUT2D eigenvalue weighted by Crippen LogP contribution is -2.28. The minimum atomic E-state index is -0.112. The monoisotopic (exact) mass is 329 g/mol. The van der Waals surface area contributed by atoms with Gasteiger partial charge in [-0.3, -0.25) is 9.69 Å². The second-order valence-electron chi connectivity index (χ2n) is 6.01. The quantitative estimate of drug-likeness (QED) is 0.940. The average molecular weight is 329 g/mol. The molecule has 1 aromatic heterocycles. The second-order valence-corrected chi connectivity index (χ2v) is 6.95. The van der Waals surface area contributed by atoms with Crippen molar-refractivity contribution in [1.29, 1.82) is 0 Å². The normalized spacial score (nSPS) is 18.2. The van der Waals surface area contributed by atoms with Crippen molar-refractivity contribution in [3.63, 3.8) is 0 Å². The van der Waals surface area contributed by atoms with E-state index < -0.39 is 0 Å². The van der Waals surface area contributed by atoms with Crippen molar-refractivity contribution in [2.45, 2.75) is 25.8 Å². The SMILES string of the molecule is O=C1COc2ccc(-c3csc(CN4CCCCC4)n3)cc2N1. The fourth-order valence-corrected chi connectivity index (χ4v) is 3.91. The van der Waals surface area contributed by atoms with Crippen LogP contribution in [0, 0.1) is 0 Å². The predicted octanol–water partition coefficient (Wildman–Crippen LogP) is 3.13. The molecule has 1 fully saturated rings. The van der Waals surface area contributed by atoms with Gasteiger partial charge < -0.3 is 10.1 Å². The number of aromatic nitrogens is 1. The van der Waals surface area contributed by atoms with Crippen LogP contribution in [0.15, 0.2) is 23.6 Å². The maximum atomic E-state index is 11.4. The molecule has 23 heavy (non-hydrogen) atoms. The van der Waals surface area contributed by atoms with Gasteiger partial charge in [0.2, 0.25) is 0 Å². The molecule has 0 radical (unpaired) electrons. The number of anilines is 1. The van der Waals surface area contributed by atoms with Gasteiger partial charge in [0.25, 0.3) is 5.91 Å². The lowest BCUT2D eigenvalue weighted by Gasteiger charge is -2.25. The van der Waals surface area contributed by atoms with Crippen molar-refractivity contribution in [2.75, 3.05) is 25.0 Å². The number of nitrogens with one attached hydrogen (secondary N) is 1. The number of hydrogen-bond acceptors (Lipinski definition) is 5. The number of hydrogen-bond donors (Lipinski definition) is 1. The van der Waals surface area contributed by atoms with E-state index in [9.17, 15) is 4.79 Å². The van der Waals surface area contributed by atoms with Gasteiger partial charge in [-0.25, -0.2) is 4.98 Å². The van der Waals surface area contributed by atoms with Crippen LogP contribution in [-0.2, 0) is 11.3 Å². The van der Waals surface area contributed by atoms with Crippen LogP contribution in [0.1, 0.15) is 24.3 Å². The van der Waals surface area contributed by atoms with E-state index in [4.69, 9.17) is 9.72 Å². The van der Waals surface area contributed by atoms with E-state index in [2.05, 4.69) is 15.6 Å². The Hall–Kier alpha value is -1.92. The smallest absolute Gasteiger partial charge is 0.262 e. The van der Waals surface area contributed by atoms with Crippen LogP contribution in [0.4, 0.5) is 5.69 Å². The van der Waals surface area contributed by atoms with Gasteiger partial charge in [-0.05, 0) is 44.1 Å². The number of likely N-dealkylation sites (tertiary alicyclic amines) is 1. The predicted molar refractivity (Wildman–Crippen MR) is 90.8 cm³/mol. The summed E-state index contributed by atoms with van der Waals surface area (Å²) in [4.78, 5) is 18.7. The van der Waals surface area contributed by atoms with E-state index in [-0.39, 0.29) is 12.5 Å². The third-order valence-corrected chi connectivity index (χ3v) is 5.10. The van der Waals surface area contributed by atoms with E-state index >= 15 is 0 Å². The zero-order valence-corrected chi connectivity index (χ0v) is 13.7. The number of thiazole rings is 1. The number of nitrogens with zero attached hydrogens (tertiary/aromatic N) is 2. The molecule has 2 aliphatic rings. The van der Waals surface area contributed by atoms with Gasteiger partial charge in [0.15, 0.2) is 6.61 Å². The number of carbonyl (C=O) groups is 1. The Balaban J connectivity index is 1.52. The van der Waals surface area contributed by atoms with E-state index in [0.29, 0.717) is 0 Å². The number of fused-ring (bicyclic) bond motifs is 1. The summed E-state index contributed by atoms with van der Waals surface area (Å²) in [5.74, 6) is 0.607. The molecule has 6 heteroatoms. The largest absolute Gasteiger partial charge is 0.482 e. The molecule has 1 N–H and O–H groups in total. The third-order valence-electron chi connectivity index (χ3n) is 4.27. The Morgan fingerprint density at radius 2 is 2.13 bits per heavy atom. The maximum absolute atomic E-state index is 11.4. The summed E-state index contributed by atoms with van der Waals surface area (Å²) in [5, 5.41) is 6.09. The van der Waals surface area contributed by atoms with E-state index in [1.807, 2.05) is 18.2 Å². The Labute approximate surface area is 139 Å². The minimum Gasteiger partial charge on any atom is -0.482 e. The summed E-state index contributed by atoms with van der Waals surface area (Å²) in [6.07, 6.45) is 3.94. The molecule has 0 aliphatic carbocycles. The summed E-state index contributed by atoms with van der Waals surface area (Å²) in [7, 11) is 0. The number of piperidine rings is 1. The molecule has 4 rings (SSSR count). The van der Waals surface area contributed by atoms with Crippen molar-refractivity contribution in [3.8, 4) is 17.0 Å². The van der Waals surface area contributed by atoms with E-state index in [1.54, 1.807) is 11.3 Å². The number of ether oxygens (including phenoxy) is 1. The first-order chi connectivity index (χ1) is 11.3. The van der Waals surface area contributed by atoms with Gasteiger partial charge in [0, 0.05) is 10.9 Å². The van der Waals surface area contributed by atoms with Crippen molar-refractivity contribution >= 4 is 22.9 Å². The van der Waals surface area contributed by atoms with Crippen molar-refractivity contribution in [2.24, 2.45) is 0 Å². The van der Waals surface area contributed by atoms with Crippen LogP contribution < -0.4 is 10.1 Å². The van der Waals surface area contributed by atoms with Crippen LogP contribution in [-0.4, -0.2) is 35.5 Å². The Morgan fingerprint density at radius 1 is 1.26 bits per heavy atom. The molecule has 3 heterocycles. The van der Waals surface area contributed by atoms with Crippen LogP contribution in [0.5, 0.6) is 5.75 Å². The highest BCUT2D eigenvalue weighted by Crippen LogP contribution is 2.33. The Bertz CT molecular complexity index is 722. The topological polar surface area (TPSA) is 54.5 Å². The van der Waals surface area contributed by atoms with E-state index in [0.717, 1.165) is 34.2 Å². The summed E-state index contributed by atoms with van der Waals surface area (Å²) in [6.45, 7) is 3.38. The molecule has 120 valence electrons. The van der Waals surface area contributed by atoms with Gasteiger partial charge in [-0.1, -0.05) is 6.42 Å². The molecule has 0 atom stereocenters. The molecule has 1 amide bonds. The van der Waals surface area contributed by atoms with Crippen LogP contribution in [0.3, 0.4) is 0 Å². The molecule has 0 spiro atoms. The van der Waals surface area contributed by atoms with Gasteiger partial charge >= 0.3 is 0 Å². The summed E-state index contributed by atoms with van der Waals surface area (Å²) in [6, 6.07) is 5.83. The Kier molecular flexibility index (Phi) is 4.01. The van der Waals surface area contributed by atoms with Crippen molar-refractivity contribution in [1.82, 2.24) is 9.88 Å². The van der Waals surface area contributed by atoms with Gasteiger partial charge in [0.05, 0.1) is 17.9 Å². The molecule has 2 aromatic rings. The van der Waals surface area contributed by atoms with Crippen LogP contribution in [0.25, 0.3) is 11.3 Å². The first-order valence-electron chi connectivity index (χ1n) is 8.02. The minimum absolute atomic E-state index is 0.0863. The highest BCUT2D eigenvalue weighted by molar-refractivity contribution is 7.09. The first-order valence-corrected chi connectivity index (χ1v) is 8.90. The lowest BCUT2D eigenvalue weighted by atomic mass is 10.1. The third kappa shape index (κ3) is 3.23. The fraction of sp³-hybridized carbons (Fsp3) is 0.412. The number of carbonyl (C=O) groups excluding carboxylic acids is 1. The summed E-state index contributed by atoms with van der Waals surface area (Å²) >= 11 is 1.70. The van der Waals surface area contributed by atoms with Crippen LogP contribution >= 0.6 is 11.3 Å². The molecule has 0 saturated carbocycles. The average Bonchev–Trinajstić information content (AvgIpc) is 3.03. The molecule has 0 bridgehead atoms. The number of benzene rings is 1. The Morgan fingerprint density at radius 3 is 3.00 bits per heavy atom. The molecule has 1 aromatic carbocycles. The van der Waals surface area contributed by atoms with E-state index in [1.165, 1.54) is 32.4 Å². The lowest BCUT2D eigenvalue weighted by molar-refractivity contribution is -0.118. The van der Waals surface area contributed by atoms with Crippen molar-refractivity contribution < 1.29 is 9.53 Å². The molecular weight excluding hydrogens is 310 g/mol. The molecule has 1 saturated heterocycles. The van der Waals surface area contributed by atoms with Gasteiger partial charge in [0.1, 0.15) is 10.8 Å². The highest BCUT2D eigenvalue weighted by atomic mass is 32.1. The summed E-state index contributed by atoms with van der Waals surface area (Å²) < 4.78 is 5.40. The highest BCUT2D eigenvalue weighted by Gasteiger charge is 2.17. The van der Waals surface area contributed by atoms with Gasteiger partial charge in [-0.15, -0.1) is 11.3 Å². The molecule has 5 nitrogen and oxygen atoms in total. The zero-order valence-electron chi connectivity index (χ0n) is 12.9. The number of rotatable bonds is 3. The number of amides is 1. The summed E-state index contributed by atoms with van der Waals surface area (Å²) in [5.41, 5.74) is 2.70. The fourth-order valence-electron chi connectivity index (χ4n) is 3.07. The maximum Gasteiger partial charge on any atom is 0.262 e. The second kappa shape index (κ2) is 6.29. The standard InChI is InChI=1S/C17H19N3O2S/c21-16-10-22-15-5-4-12(8-13(15)18-16)14-11-23-17(19-14)9-20-6-2-1-3-7-20/h4-5,8,11H,1-3,6-7,9-10H2,(H,18,21). The molecular formula is C17H19N3O2S. The molecule has 0 unspecified atom stereocenters. The van der Waals surface area contributed by atoms with Gasteiger partial charge in [-0.2, -0.15) is 0 Å². The zero-order chi connectivity index (χ0) is 15.6. The molecule has 2 aliphatic heterocycles.